The standard InChI is InChI=1S/C14H9NS/c15-9-12-10-5-1-3-7-13(10)16-14-8-4-2-6-11(12)14/h1-8,12H. The van der Waals surface area contributed by atoms with Crippen LogP contribution in [0.5, 0.6) is 0 Å². The third-order valence-corrected chi connectivity index (χ3v) is 3.99. The van der Waals surface area contributed by atoms with Crippen LogP contribution in [0.3, 0.4) is 0 Å². The van der Waals surface area contributed by atoms with Crippen molar-refractivity contribution in [3.8, 4) is 6.07 Å². The van der Waals surface area contributed by atoms with Crippen LogP contribution in [0.1, 0.15) is 17.0 Å². The molecule has 0 bridgehead atoms. The van der Waals surface area contributed by atoms with Gasteiger partial charge in [-0.15, -0.1) is 0 Å². The number of nitriles is 1. The number of rotatable bonds is 0. The summed E-state index contributed by atoms with van der Waals surface area (Å²) in [6.07, 6.45) is 0. The van der Waals surface area contributed by atoms with Crippen molar-refractivity contribution < 1.29 is 0 Å². The fourth-order valence-electron chi connectivity index (χ4n) is 2.05. The number of hydrogen-bond donors (Lipinski definition) is 0. The molecule has 76 valence electrons. The molecule has 3 rings (SSSR count). The lowest BCUT2D eigenvalue weighted by molar-refractivity contribution is 0.948. The van der Waals surface area contributed by atoms with Crippen molar-refractivity contribution in [1.29, 1.82) is 5.26 Å². The molecule has 0 saturated heterocycles. The highest BCUT2D eigenvalue weighted by Gasteiger charge is 2.24. The first-order valence-corrected chi connectivity index (χ1v) is 5.97. The van der Waals surface area contributed by atoms with Gasteiger partial charge >= 0.3 is 0 Å². The molecule has 1 nitrogen and oxygen atoms in total. The molecule has 0 fully saturated rings. The van der Waals surface area contributed by atoms with Crippen molar-refractivity contribution in [2.45, 2.75) is 15.7 Å². The van der Waals surface area contributed by atoms with Crippen molar-refractivity contribution >= 4 is 11.8 Å². The molecule has 1 aliphatic rings. The summed E-state index contributed by atoms with van der Waals surface area (Å²) < 4.78 is 0. The maximum atomic E-state index is 9.33. The van der Waals surface area contributed by atoms with Crippen LogP contribution < -0.4 is 0 Å². The third-order valence-electron chi connectivity index (χ3n) is 2.81. The average Bonchev–Trinajstić information content (AvgIpc) is 2.36. The lowest BCUT2D eigenvalue weighted by Gasteiger charge is -2.22. The zero-order valence-corrected chi connectivity index (χ0v) is 9.37. The molecule has 0 radical (unpaired) electrons. The number of hydrogen-bond acceptors (Lipinski definition) is 2. The van der Waals surface area contributed by atoms with Crippen molar-refractivity contribution in [2.75, 3.05) is 0 Å². The molecule has 2 heteroatoms. The van der Waals surface area contributed by atoms with Crippen molar-refractivity contribution in [3.05, 3.63) is 59.7 Å². The minimum Gasteiger partial charge on any atom is -0.197 e. The van der Waals surface area contributed by atoms with Gasteiger partial charge in [-0.25, -0.2) is 0 Å². The topological polar surface area (TPSA) is 23.8 Å². The maximum Gasteiger partial charge on any atom is 0.0984 e. The van der Waals surface area contributed by atoms with E-state index < -0.39 is 0 Å². The Bertz CT molecular complexity index is 538. The molecule has 0 atom stereocenters. The Balaban J connectivity index is 2.24. The highest BCUT2D eigenvalue weighted by atomic mass is 32.2. The van der Waals surface area contributed by atoms with Gasteiger partial charge in [-0.05, 0) is 23.3 Å². The van der Waals surface area contributed by atoms with Gasteiger partial charge in [0.1, 0.15) is 0 Å². The Kier molecular flexibility index (Phi) is 2.19. The van der Waals surface area contributed by atoms with Crippen LogP contribution >= 0.6 is 11.8 Å². The fourth-order valence-corrected chi connectivity index (χ4v) is 3.19. The van der Waals surface area contributed by atoms with Gasteiger partial charge in [0, 0.05) is 9.79 Å². The Labute approximate surface area is 98.7 Å². The fraction of sp³-hybridized carbons (Fsp3) is 0.0714. The molecule has 1 aliphatic heterocycles. The normalized spacial score (nSPS) is 13.7. The van der Waals surface area contributed by atoms with E-state index in [1.54, 1.807) is 11.8 Å². The summed E-state index contributed by atoms with van der Waals surface area (Å²) in [5.41, 5.74) is 2.27. The van der Waals surface area contributed by atoms with Gasteiger partial charge in [0.2, 0.25) is 0 Å². The van der Waals surface area contributed by atoms with Gasteiger partial charge in [0.25, 0.3) is 0 Å². The predicted octanol–water partition coefficient (Wildman–Crippen LogP) is 3.81. The molecule has 2 aromatic rings. The maximum absolute atomic E-state index is 9.33. The molecule has 1 heterocycles. The highest BCUT2D eigenvalue weighted by molar-refractivity contribution is 7.99. The molecular weight excluding hydrogens is 214 g/mol. The second kappa shape index (κ2) is 3.70. The van der Waals surface area contributed by atoms with Crippen molar-refractivity contribution in [3.63, 3.8) is 0 Å². The first-order valence-electron chi connectivity index (χ1n) is 5.15. The van der Waals surface area contributed by atoms with E-state index in [0.29, 0.717) is 0 Å². The van der Waals surface area contributed by atoms with Crippen LogP contribution in [0.15, 0.2) is 58.3 Å². The first-order chi connectivity index (χ1) is 7.90. The molecular formula is C14H9NS. The quantitative estimate of drug-likeness (QED) is 0.678. The van der Waals surface area contributed by atoms with Gasteiger partial charge in [0.15, 0.2) is 0 Å². The van der Waals surface area contributed by atoms with E-state index in [1.807, 2.05) is 36.4 Å². The Hall–Kier alpha value is -1.72. The van der Waals surface area contributed by atoms with Crippen LogP contribution in [0.4, 0.5) is 0 Å². The summed E-state index contributed by atoms with van der Waals surface area (Å²) in [7, 11) is 0. The largest absolute Gasteiger partial charge is 0.197 e. The van der Waals surface area contributed by atoms with Gasteiger partial charge in [0.05, 0.1) is 12.0 Å². The van der Waals surface area contributed by atoms with E-state index >= 15 is 0 Å². The second-order valence-corrected chi connectivity index (χ2v) is 4.82. The van der Waals surface area contributed by atoms with Crippen LogP contribution in [-0.2, 0) is 0 Å². The Morgan fingerprint density at radius 2 is 1.38 bits per heavy atom. The summed E-state index contributed by atoms with van der Waals surface area (Å²) in [5.74, 6) is -0.117. The zero-order valence-electron chi connectivity index (χ0n) is 8.55. The van der Waals surface area contributed by atoms with Crippen molar-refractivity contribution in [1.82, 2.24) is 0 Å². The van der Waals surface area contributed by atoms with Crippen LogP contribution in [0, 0.1) is 11.3 Å². The summed E-state index contributed by atoms with van der Waals surface area (Å²) in [5, 5.41) is 9.33. The molecule has 0 amide bonds. The average molecular weight is 223 g/mol. The molecule has 16 heavy (non-hydrogen) atoms. The summed E-state index contributed by atoms with van der Waals surface area (Å²) in [4.78, 5) is 2.40. The second-order valence-electron chi connectivity index (χ2n) is 3.74. The molecule has 0 N–H and O–H groups in total. The van der Waals surface area contributed by atoms with Crippen LogP contribution in [0.25, 0.3) is 0 Å². The molecule has 0 aromatic heterocycles. The summed E-state index contributed by atoms with van der Waals surface area (Å²) >= 11 is 1.75. The van der Waals surface area contributed by atoms with E-state index in [4.69, 9.17) is 0 Å². The summed E-state index contributed by atoms with van der Waals surface area (Å²) in [6.45, 7) is 0. The molecule has 0 saturated carbocycles. The van der Waals surface area contributed by atoms with E-state index in [9.17, 15) is 5.26 Å². The van der Waals surface area contributed by atoms with E-state index in [1.165, 1.54) is 9.79 Å². The van der Waals surface area contributed by atoms with Crippen molar-refractivity contribution in [2.24, 2.45) is 0 Å². The SMILES string of the molecule is N#CC1c2ccccc2Sc2ccccc21. The minimum atomic E-state index is -0.117. The van der Waals surface area contributed by atoms with Gasteiger partial charge < -0.3 is 0 Å². The van der Waals surface area contributed by atoms with E-state index in [2.05, 4.69) is 18.2 Å². The molecule has 2 aromatic carbocycles. The lowest BCUT2D eigenvalue weighted by atomic mass is 9.92. The molecule has 0 spiro atoms. The number of benzene rings is 2. The molecule has 0 aliphatic carbocycles. The Morgan fingerprint density at radius 1 is 0.875 bits per heavy atom. The van der Waals surface area contributed by atoms with Gasteiger partial charge in [-0.3, -0.25) is 0 Å². The number of fused-ring (bicyclic) bond motifs is 2. The van der Waals surface area contributed by atoms with E-state index in [0.717, 1.165) is 11.1 Å². The highest BCUT2D eigenvalue weighted by Crippen LogP contribution is 2.45. The molecule has 0 unspecified atom stereocenters. The van der Waals surface area contributed by atoms with E-state index in [-0.39, 0.29) is 5.92 Å². The summed E-state index contributed by atoms with van der Waals surface area (Å²) in [6, 6.07) is 18.7. The lowest BCUT2D eigenvalue weighted by Crippen LogP contribution is -2.05. The first kappa shape index (κ1) is 9.50. The number of nitrogens with zero attached hydrogens (tertiary/aromatic N) is 1. The smallest absolute Gasteiger partial charge is 0.0984 e. The van der Waals surface area contributed by atoms with Crippen LogP contribution in [-0.4, -0.2) is 0 Å². The third kappa shape index (κ3) is 1.33. The van der Waals surface area contributed by atoms with Gasteiger partial charge in [-0.1, -0.05) is 48.2 Å². The predicted molar refractivity (Wildman–Crippen MR) is 64.5 cm³/mol. The van der Waals surface area contributed by atoms with Gasteiger partial charge in [-0.2, -0.15) is 5.26 Å². The zero-order chi connectivity index (χ0) is 11.0. The monoisotopic (exact) mass is 223 g/mol. The Morgan fingerprint density at radius 3 is 1.88 bits per heavy atom. The van der Waals surface area contributed by atoms with Crippen LogP contribution in [0.2, 0.25) is 0 Å². The minimum absolute atomic E-state index is 0.117.